The highest BCUT2D eigenvalue weighted by atomic mass is 79.9. The maximum Gasteiger partial charge on any atom is 0.261 e. The molecule has 0 saturated heterocycles. The fraction of sp³-hybridized carbons (Fsp3) is 0.444. The SMILES string of the molecule is CC(C)(CBr)NS(=O)(=O)c1ncccc1F. The van der Waals surface area contributed by atoms with Crippen molar-refractivity contribution < 1.29 is 12.8 Å². The molecule has 0 aliphatic heterocycles. The Morgan fingerprint density at radius 2 is 2.19 bits per heavy atom. The van der Waals surface area contributed by atoms with Crippen molar-refractivity contribution in [1.29, 1.82) is 0 Å². The summed E-state index contributed by atoms with van der Waals surface area (Å²) in [6, 6.07) is 2.40. The molecule has 1 rings (SSSR count). The number of nitrogens with zero attached hydrogens (tertiary/aromatic N) is 1. The monoisotopic (exact) mass is 310 g/mol. The normalized spacial score (nSPS) is 12.8. The topological polar surface area (TPSA) is 59.1 Å². The lowest BCUT2D eigenvalue weighted by atomic mass is 10.1. The summed E-state index contributed by atoms with van der Waals surface area (Å²) in [4.78, 5) is 3.53. The largest absolute Gasteiger partial charge is 0.261 e. The number of alkyl halides is 1. The van der Waals surface area contributed by atoms with Gasteiger partial charge in [0.05, 0.1) is 0 Å². The van der Waals surface area contributed by atoms with E-state index in [0.717, 1.165) is 6.07 Å². The smallest absolute Gasteiger partial charge is 0.241 e. The van der Waals surface area contributed by atoms with Crippen LogP contribution in [-0.2, 0) is 10.0 Å². The van der Waals surface area contributed by atoms with Gasteiger partial charge in [-0.3, -0.25) is 0 Å². The first kappa shape index (κ1) is 13.5. The molecule has 0 spiro atoms. The zero-order chi connectivity index (χ0) is 12.4. The lowest BCUT2D eigenvalue weighted by molar-refractivity contribution is 0.489. The van der Waals surface area contributed by atoms with E-state index in [2.05, 4.69) is 25.6 Å². The molecular weight excluding hydrogens is 299 g/mol. The Bertz CT molecular complexity index is 476. The van der Waals surface area contributed by atoms with Crippen LogP contribution in [0.1, 0.15) is 13.8 Å². The van der Waals surface area contributed by atoms with E-state index in [1.807, 2.05) is 0 Å². The van der Waals surface area contributed by atoms with Crippen LogP contribution in [0, 0.1) is 5.82 Å². The van der Waals surface area contributed by atoms with Gasteiger partial charge in [0, 0.05) is 17.1 Å². The molecule has 0 unspecified atom stereocenters. The summed E-state index contributed by atoms with van der Waals surface area (Å²) in [5.41, 5.74) is -0.706. The predicted octanol–water partition coefficient (Wildman–Crippen LogP) is 1.67. The summed E-state index contributed by atoms with van der Waals surface area (Å²) >= 11 is 3.17. The van der Waals surface area contributed by atoms with E-state index >= 15 is 0 Å². The van der Waals surface area contributed by atoms with Gasteiger partial charge in [0.15, 0.2) is 5.82 Å². The Morgan fingerprint density at radius 1 is 1.56 bits per heavy atom. The van der Waals surface area contributed by atoms with Crippen molar-refractivity contribution in [3.8, 4) is 0 Å². The third-order valence-electron chi connectivity index (χ3n) is 1.72. The maximum absolute atomic E-state index is 13.3. The summed E-state index contributed by atoms with van der Waals surface area (Å²) in [7, 11) is -3.93. The minimum Gasteiger partial charge on any atom is -0.241 e. The van der Waals surface area contributed by atoms with Crippen molar-refractivity contribution in [1.82, 2.24) is 9.71 Å². The molecule has 1 heterocycles. The third-order valence-corrected chi connectivity index (χ3v) is 4.76. The Morgan fingerprint density at radius 3 is 2.69 bits per heavy atom. The fourth-order valence-electron chi connectivity index (χ4n) is 1.01. The zero-order valence-electron chi connectivity index (χ0n) is 8.87. The van der Waals surface area contributed by atoms with Crippen LogP contribution in [0.5, 0.6) is 0 Å². The van der Waals surface area contributed by atoms with E-state index in [4.69, 9.17) is 0 Å². The van der Waals surface area contributed by atoms with E-state index in [0.29, 0.717) is 5.33 Å². The molecule has 0 saturated carbocycles. The molecular formula is C9H12BrFN2O2S. The molecule has 1 N–H and O–H groups in total. The summed E-state index contributed by atoms with van der Waals surface area (Å²) in [5.74, 6) is -0.861. The van der Waals surface area contributed by atoms with Gasteiger partial charge < -0.3 is 0 Å². The van der Waals surface area contributed by atoms with Crippen LogP contribution in [0.15, 0.2) is 23.4 Å². The number of hydrogen-bond donors (Lipinski definition) is 1. The molecule has 0 fully saturated rings. The first-order valence-corrected chi connectivity index (χ1v) is 7.09. The molecule has 0 amide bonds. The minimum atomic E-state index is -3.93. The molecule has 90 valence electrons. The van der Waals surface area contributed by atoms with Crippen molar-refractivity contribution in [3.05, 3.63) is 24.1 Å². The van der Waals surface area contributed by atoms with Crippen molar-refractivity contribution >= 4 is 26.0 Å². The van der Waals surface area contributed by atoms with Crippen molar-refractivity contribution in [3.63, 3.8) is 0 Å². The predicted molar refractivity (Wildman–Crippen MR) is 62.4 cm³/mol. The molecule has 1 aromatic heterocycles. The number of sulfonamides is 1. The van der Waals surface area contributed by atoms with Crippen LogP contribution in [-0.4, -0.2) is 24.3 Å². The quantitative estimate of drug-likeness (QED) is 0.861. The zero-order valence-corrected chi connectivity index (χ0v) is 11.3. The highest BCUT2D eigenvalue weighted by Crippen LogP contribution is 2.15. The second kappa shape index (κ2) is 4.77. The van der Waals surface area contributed by atoms with Gasteiger partial charge in [0.1, 0.15) is 0 Å². The Kier molecular flexibility index (Phi) is 4.03. The van der Waals surface area contributed by atoms with E-state index in [-0.39, 0.29) is 0 Å². The first-order valence-electron chi connectivity index (χ1n) is 4.49. The molecule has 7 heteroatoms. The van der Waals surface area contributed by atoms with Crippen molar-refractivity contribution in [2.75, 3.05) is 5.33 Å². The number of hydrogen-bond acceptors (Lipinski definition) is 3. The van der Waals surface area contributed by atoms with Crippen LogP contribution in [0.2, 0.25) is 0 Å². The minimum absolute atomic E-state index is 0.410. The molecule has 1 aromatic rings. The van der Waals surface area contributed by atoms with Crippen LogP contribution < -0.4 is 4.72 Å². The standard InChI is InChI=1S/C9H12BrFN2O2S/c1-9(2,6-10)13-16(14,15)8-7(11)4-3-5-12-8/h3-5,13H,6H2,1-2H3. The van der Waals surface area contributed by atoms with E-state index in [1.54, 1.807) is 13.8 Å². The van der Waals surface area contributed by atoms with Gasteiger partial charge in [-0.15, -0.1) is 0 Å². The molecule has 0 aliphatic rings. The van der Waals surface area contributed by atoms with Gasteiger partial charge in [-0.25, -0.2) is 22.5 Å². The van der Waals surface area contributed by atoms with E-state index in [1.165, 1.54) is 12.3 Å². The Balaban J connectivity index is 3.09. The molecule has 0 atom stereocenters. The van der Waals surface area contributed by atoms with Crippen LogP contribution in [0.3, 0.4) is 0 Å². The third kappa shape index (κ3) is 3.23. The molecule has 16 heavy (non-hydrogen) atoms. The van der Waals surface area contributed by atoms with Gasteiger partial charge in [-0.2, -0.15) is 0 Å². The molecule has 0 aliphatic carbocycles. The summed E-state index contributed by atoms with van der Waals surface area (Å²) in [6.45, 7) is 3.36. The van der Waals surface area contributed by atoms with Crippen molar-refractivity contribution in [2.24, 2.45) is 0 Å². The van der Waals surface area contributed by atoms with Gasteiger partial charge in [-0.1, -0.05) is 15.9 Å². The second-order valence-corrected chi connectivity index (χ2v) is 6.07. The summed E-state index contributed by atoms with van der Waals surface area (Å²) in [6.07, 6.45) is 1.23. The fourth-order valence-corrected chi connectivity index (χ4v) is 2.75. The van der Waals surface area contributed by atoms with Gasteiger partial charge in [0.25, 0.3) is 10.0 Å². The Labute approximate surface area is 102 Å². The highest BCUT2D eigenvalue weighted by Gasteiger charge is 2.28. The highest BCUT2D eigenvalue weighted by molar-refractivity contribution is 9.09. The number of nitrogens with one attached hydrogen (secondary N) is 1. The van der Waals surface area contributed by atoms with Crippen LogP contribution in [0.4, 0.5) is 4.39 Å². The first-order chi connectivity index (χ1) is 7.28. The van der Waals surface area contributed by atoms with Gasteiger partial charge in [-0.05, 0) is 26.0 Å². The van der Waals surface area contributed by atoms with Crippen LogP contribution >= 0.6 is 15.9 Å². The van der Waals surface area contributed by atoms with Crippen molar-refractivity contribution in [2.45, 2.75) is 24.4 Å². The summed E-state index contributed by atoms with van der Waals surface area (Å²) in [5, 5.41) is -0.169. The number of halogens is 2. The van der Waals surface area contributed by atoms with Gasteiger partial charge >= 0.3 is 0 Å². The average molecular weight is 311 g/mol. The molecule has 0 aromatic carbocycles. The van der Waals surface area contributed by atoms with Gasteiger partial charge in [0.2, 0.25) is 5.03 Å². The maximum atomic E-state index is 13.3. The lowest BCUT2D eigenvalue weighted by Gasteiger charge is -2.22. The number of rotatable bonds is 4. The number of pyridine rings is 1. The average Bonchev–Trinajstić information content (AvgIpc) is 2.16. The van der Waals surface area contributed by atoms with E-state index < -0.39 is 26.4 Å². The summed E-state index contributed by atoms with van der Waals surface area (Å²) < 4.78 is 39.2. The second-order valence-electron chi connectivity index (χ2n) is 3.91. The molecule has 0 bridgehead atoms. The lowest BCUT2D eigenvalue weighted by Crippen LogP contribution is -2.45. The van der Waals surface area contributed by atoms with Crippen LogP contribution in [0.25, 0.3) is 0 Å². The number of aromatic nitrogens is 1. The van der Waals surface area contributed by atoms with E-state index in [9.17, 15) is 12.8 Å². The Hall–Kier alpha value is -0.530. The molecule has 0 radical (unpaired) electrons. The molecule has 4 nitrogen and oxygen atoms in total.